The van der Waals surface area contributed by atoms with Gasteiger partial charge in [0, 0.05) is 13.1 Å². The Hall–Kier alpha value is -3.30. The van der Waals surface area contributed by atoms with Crippen LogP contribution in [-0.4, -0.2) is 61.5 Å². The number of thioether (sulfide) groups is 1. The Kier molecular flexibility index (Phi) is 7.31. The van der Waals surface area contributed by atoms with Gasteiger partial charge in [0.25, 0.3) is 17.1 Å². The largest absolute Gasteiger partial charge is 0.490 e. The minimum absolute atomic E-state index is 0.102. The van der Waals surface area contributed by atoms with Crippen LogP contribution in [0.1, 0.15) is 12.5 Å². The van der Waals surface area contributed by atoms with E-state index in [1.807, 2.05) is 13.0 Å². The van der Waals surface area contributed by atoms with E-state index in [0.717, 1.165) is 16.7 Å². The minimum Gasteiger partial charge on any atom is -0.490 e. The zero-order valence-corrected chi connectivity index (χ0v) is 19.0. The Morgan fingerprint density at radius 2 is 1.82 bits per heavy atom. The summed E-state index contributed by atoms with van der Waals surface area (Å²) in [5.41, 5.74) is 1.22. The molecule has 4 rings (SSSR count). The Labute approximate surface area is 196 Å². The third-order valence-electron chi connectivity index (χ3n) is 5.09. The standard InChI is InChI=1S/C24H24N2O6S/c1-2-31-20-14-17(8-9-19(20)32-16-22(27)25-10-12-30-13-11-25)15-21-23(28)26(24(29)33-21)18-6-4-3-5-7-18/h3-9,14-15H,2,10-13,16H2,1H3/b21-15+. The van der Waals surface area contributed by atoms with Crippen LogP contribution in [0.3, 0.4) is 0 Å². The van der Waals surface area contributed by atoms with Crippen molar-refractivity contribution < 1.29 is 28.6 Å². The second-order valence-corrected chi connectivity index (χ2v) is 8.27. The molecule has 0 aromatic heterocycles. The van der Waals surface area contributed by atoms with E-state index < -0.39 is 0 Å². The van der Waals surface area contributed by atoms with Gasteiger partial charge in [-0.25, -0.2) is 4.90 Å². The van der Waals surface area contributed by atoms with Gasteiger partial charge in [-0.05, 0) is 54.6 Å². The van der Waals surface area contributed by atoms with Crippen LogP contribution in [0.25, 0.3) is 6.08 Å². The van der Waals surface area contributed by atoms with E-state index in [1.54, 1.807) is 53.4 Å². The molecule has 2 heterocycles. The fourth-order valence-corrected chi connectivity index (χ4v) is 4.31. The van der Waals surface area contributed by atoms with Gasteiger partial charge in [0.15, 0.2) is 18.1 Å². The summed E-state index contributed by atoms with van der Waals surface area (Å²) >= 11 is 0.891. The number of anilines is 1. The third kappa shape index (κ3) is 5.37. The van der Waals surface area contributed by atoms with Gasteiger partial charge in [-0.1, -0.05) is 24.3 Å². The van der Waals surface area contributed by atoms with E-state index in [9.17, 15) is 14.4 Å². The second kappa shape index (κ2) is 10.5. The van der Waals surface area contributed by atoms with Gasteiger partial charge in [-0.3, -0.25) is 14.4 Å². The predicted octanol–water partition coefficient (Wildman–Crippen LogP) is 3.56. The van der Waals surface area contributed by atoms with Crippen molar-refractivity contribution in [1.82, 2.24) is 4.90 Å². The van der Waals surface area contributed by atoms with Crippen molar-refractivity contribution in [2.45, 2.75) is 6.92 Å². The fraction of sp³-hybridized carbons (Fsp3) is 0.292. The van der Waals surface area contributed by atoms with Crippen LogP contribution in [-0.2, 0) is 14.3 Å². The lowest BCUT2D eigenvalue weighted by molar-refractivity contribution is -0.137. The average molecular weight is 469 g/mol. The molecular formula is C24H24N2O6S. The highest BCUT2D eigenvalue weighted by Crippen LogP contribution is 2.37. The SMILES string of the molecule is CCOc1cc(/C=C2/SC(=O)N(c3ccccc3)C2=O)ccc1OCC(=O)N1CCOCC1. The summed E-state index contributed by atoms with van der Waals surface area (Å²) in [7, 11) is 0. The monoisotopic (exact) mass is 468 g/mol. The molecule has 0 saturated carbocycles. The van der Waals surface area contributed by atoms with E-state index in [1.165, 1.54) is 0 Å². The van der Waals surface area contributed by atoms with E-state index in [4.69, 9.17) is 14.2 Å². The molecule has 0 radical (unpaired) electrons. The van der Waals surface area contributed by atoms with Crippen molar-refractivity contribution in [3.8, 4) is 11.5 Å². The van der Waals surface area contributed by atoms with Crippen molar-refractivity contribution >= 4 is 40.6 Å². The smallest absolute Gasteiger partial charge is 0.298 e. The first-order valence-electron chi connectivity index (χ1n) is 10.6. The zero-order chi connectivity index (χ0) is 23.2. The summed E-state index contributed by atoms with van der Waals surface area (Å²) in [5, 5.41) is -0.343. The number of rotatable bonds is 7. The number of ether oxygens (including phenoxy) is 3. The molecule has 8 nitrogen and oxygen atoms in total. The van der Waals surface area contributed by atoms with Crippen molar-refractivity contribution in [1.29, 1.82) is 0 Å². The molecule has 0 N–H and O–H groups in total. The van der Waals surface area contributed by atoms with Crippen molar-refractivity contribution in [2.24, 2.45) is 0 Å². The van der Waals surface area contributed by atoms with E-state index in [0.29, 0.717) is 60.6 Å². The molecule has 2 fully saturated rings. The van der Waals surface area contributed by atoms with E-state index in [-0.39, 0.29) is 23.7 Å². The van der Waals surface area contributed by atoms with Crippen LogP contribution in [0, 0.1) is 0 Å². The maximum atomic E-state index is 12.8. The van der Waals surface area contributed by atoms with Crippen LogP contribution >= 0.6 is 11.8 Å². The molecular weight excluding hydrogens is 444 g/mol. The quantitative estimate of drug-likeness (QED) is 0.575. The average Bonchev–Trinajstić information content (AvgIpc) is 3.12. The summed E-state index contributed by atoms with van der Waals surface area (Å²) in [6.45, 7) is 4.31. The summed E-state index contributed by atoms with van der Waals surface area (Å²) in [5.74, 6) is 0.418. The first-order valence-corrected chi connectivity index (χ1v) is 11.5. The van der Waals surface area contributed by atoms with Gasteiger partial charge in [0.05, 0.1) is 30.4 Å². The number of hydrogen-bond acceptors (Lipinski definition) is 7. The topological polar surface area (TPSA) is 85.4 Å². The molecule has 0 spiro atoms. The van der Waals surface area contributed by atoms with Gasteiger partial charge < -0.3 is 19.1 Å². The maximum Gasteiger partial charge on any atom is 0.298 e. The van der Waals surface area contributed by atoms with E-state index in [2.05, 4.69) is 0 Å². The Balaban J connectivity index is 1.49. The molecule has 2 aromatic carbocycles. The Morgan fingerprint density at radius 3 is 2.55 bits per heavy atom. The van der Waals surface area contributed by atoms with Crippen molar-refractivity contribution in [2.75, 3.05) is 44.4 Å². The van der Waals surface area contributed by atoms with Gasteiger partial charge in [-0.2, -0.15) is 0 Å². The first-order chi connectivity index (χ1) is 16.1. The summed E-state index contributed by atoms with van der Waals surface area (Å²) in [6.07, 6.45) is 1.65. The van der Waals surface area contributed by atoms with Crippen LogP contribution in [0.5, 0.6) is 11.5 Å². The second-order valence-electron chi connectivity index (χ2n) is 7.27. The first kappa shape index (κ1) is 22.9. The van der Waals surface area contributed by atoms with Crippen LogP contribution in [0.2, 0.25) is 0 Å². The molecule has 172 valence electrons. The lowest BCUT2D eigenvalue weighted by atomic mass is 10.1. The highest BCUT2D eigenvalue weighted by molar-refractivity contribution is 8.19. The van der Waals surface area contributed by atoms with Gasteiger partial charge in [0.2, 0.25) is 0 Å². The van der Waals surface area contributed by atoms with Gasteiger partial charge in [-0.15, -0.1) is 0 Å². The van der Waals surface area contributed by atoms with Gasteiger partial charge >= 0.3 is 0 Å². The highest BCUT2D eigenvalue weighted by atomic mass is 32.2. The van der Waals surface area contributed by atoms with Gasteiger partial charge in [0.1, 0.15) is 0 Å². The number of morpholine rings is 1. The van der Waals surface area contributed by atoms with Crippen molar-refractivity contribution in [3.63, 3.8) is 0 Å². The van der Waals surface area contributed by atoms with Crippen molar-refractivity contribution in [3.05, 3.63) is 59.0 Å². The number of para-hydroxylation sites is 1. The number of imide groups is 1. The lowest BCUT2D eigenvalue weighted by Crippen LogP contribution is -2.43. The summed E-state index contributed by atoms with van der Waals surface area (Å²) in [6, 6.07) is 14.0. The zero-order valence-electron chi connectivity index (χ0n) is 18.2. The number of benzene rings is 2. The molecule has 2 aliphatic heterocycles. The molecule has 0 aliphatic carbocycles. The molecule has 2 aromatic rings. The summed E-state index contributed by atoms with van der Waals surface area (Å²) < 4.78 is 16.7. The molecule has 9 heteroatoms. The number of nitrogens with zero attached hydrogens (tertiary/aromatic N) is 2. The minimum atomic E-state index is -0.370. The molecule has 33 heavy (non-hydrogen) atoms. The normalized spacial score (nSPS) is 17.5. The highest BCUT2D eigenvalue weighted by Gasteiger charge is 2.36. The number of amides is 3. The van der Waals surface area contributed by atoms with Crippen LogP contribution in [0.4, 0.5) is 10.5 Å². The fourth-order valence-electron chi connectivity index (χ4n) is 3.46. The third-order valence-corrected chi connectivity index (χ3v) is 5.96. The van der Waals surface area contributed by atoms with E-state index >= 15 is 0 Å². The Morgan fingerprint density at radius 1 is 1.06 bits per heavy atom. The van der Waals surface area contributed by atoms with Crippen LogP contribution in [0.15, 0.2) is 53.4 Å². The summed E-state index contributed by atoms with van der Waals surface area (Å²) in [4.78, 5) is 40.8. The lowest BCUT2D eigenvalue weighted by Gasteiger charge is -2.26. The molecule has 3 amide bonds. The number of carbonyl (C=O) groups excluding carboxylic acids is 3. The maximum absolute atomic E-state index is 12.8. The Bertz CT molecular complexity index is 1070. The molecule has 2 saturated heterocycles. The van der Waals surface area contributed by atoms with Crippen LogP contribution < -0.4 is 14.4 Å². The molecule has 0 atom stereocenters. The number of carbonyl (C=O) groups is 3. The molecule has 2 aliphatic rings. The molecule has 0 unspecified atom stereocenters. The number of hydrogen-bond donors (Lipinski definition) is 0. The molecule has 0 bridgehead atoms. The predicted molar refractivity (Wildman–Crippen MR) is 125 cm³/mol.